The minimum Gasteiger partial charge on any atom is -0.385 e. The van der Waals surface area contributed by atoms with Crippen LogP contribution in [0.1, 0.15) is 33.6 Å². The second-order valence-corrected chi connectivity index (χ2v) is 8.38. The van der Waals surface area contributed by atoms with Crippen LogP contribution in [0.4, 0.5) is 0 Å². The molecule has 0 saturated carbocycles. The fraction of sp³-hybridized carbons (Fsp3) is 0.529. The Balaban J connectivity index is 1.94. The molecule has 0 radical (unpaired) electrons. The number of nitrogens with one attached hydrogen (secondary N) is 1. The van der Waals surface area contributed by atoms with E-state index in [2.05, 4.69) is 5.32 Å². The molecule has 8 heteroatoms. The van der Waals surface area contributed by atoms with E-state index >= 15 is 0 Å². The molecular formula is C17H24N2O5S. The van der Waals surface area contributed by atoms with Gasteiger partial charge in [-0.2, -0.15) is 0 Å². The molecule has 0 aliphatic carbocycles. The summed E-state index contributed by atoms with van der Waals surface area (Å²) in [6.07, 6.45) is 1.19. The van der Waals surface area contributed by atoms with Crippen LogP contribution in [0.2, 0.25) is 0 Å². The molecule has 7 nitrogen and oxygen atoms in total. The first-order chi connectivity index (χ1) is 11.8. The van der Waals surface area contributed by atoms with Gasteiger partial charge in [-0.25, -0.2) is 8.42 Å². The number of rotatable bonds is 7. The van der Waals surface area contributed by atoms with Crippen molar-refractivity contribution >= 4 is 21.7 Å². The second-order valence-electron chi connectivity index (χ2n) is 6.15. The Labute approximate surface area is 148 Å². The molecule has 1 saturated heterocycles. The van der Waals surface area contributed by atoms with Gasteiger partial charge in [0, 0.05) is 44.5 Å². The Bertz CT molecular complexity index is 715. The largest absolute Gasteiger partial charge is 0.385 e. The average Bonchev–Trinajstić information content (AvgIpc) is 2.97. The third-order valence-corrected chi connectivity index (χ3v) is 6.03. The van der Waals surface area contributed by atoms with Crippen LogP contribution < -0.4 is 5.32 Å². The van der Waals surface area contributed by atoms with Gasteiger partial charge in [0.05, 0.1) is 11.5 Å². The van der Waals surface area contributed by atoms with Crippen LogP contribution in [-0.2, 0) is 14.6 Å². The Kier molecular flexibility index (Phi) is 6.55. The molecule has 2 rings (SSSR count). The normalized spacial score (nSPS) is 18.7. The number of hydrogen-bond donors (Lipinski definition) is 1. The molecule has 0 spiro atoms. The predicted molar refractivity (Wildman–Crippen MR) is 94.4 cm³/mol. The lowest BCUT2D eigenvalue weighted by Crippen LogP contribution is -2.37. The molecule has 1 fully saturated rings. The van der Waals surface area contributed by atoms with E-state index in [0.29, 0.717) is 30.7 Å². The van der Waals surface area contributed by atoms with Gasteiger partial charge in [0.1, 0.15) is 0 Å². The van der Waals surface area contributed by atoms with Gasteiger partial charge in [0.2, 0.25) is 0 Å². The fourth-order valence-corrected chi connectivity index (χ4v) is 4.51. The van der Waals surface area contributed by atoms with Gasteiger partial charge in [-0.15, -0.1) is 0 Å². The van der Waals surface area contributed by atoms with Crippen molar-refractivity contribution in [1.82, 2.24) is 10.2 Å². The number of hydrogen-bond acceptors (Lipinski definition) is 5. The van der Waals surface area contributed by atoms with Gasteiger partial charge in [-0.1, -0.05) is 0 Å². The minimum atomic E-state index is -3.04. The van der Waals surface area contributed by atoms with Gasteiger partial charge in [-0.05, 0) is 37.1 Å². The summed E-state index contributed by atoms with van der Waals surface area (Å²) in [7, 11) is 0.179. The second kappa shape index (κ2) is 8.44. The first kappa shape index (κ1) is 19.4. The molecule has 1 aliphatic rings. The highest BCUT2D eigenvalue weighted by atomic mass is 32.2. The van der Waals surface area contributed by atoms with E-state index in [1.54, 1.807) is 38.4 Å². The van der Waals surface area contributed by atoms with E-state index in [1.807, 2.05) is 0 Å². The van der Waals surface area contributed by atoms with Crippen LogP contribution in [-0.4, -0.2) is 70.0 Å². The lowest BCUT2D eigenvalue weighted by Gasteiger charge is -2.23. The standard InChI is InChI=1S/C17H24N2O5S/c1-19(15-8-11-25(22,23)12-15)17(21)14-6-4-13(5-7-14)16(20)18-9-3-10-24-2/h4-7,15H,3,8-12H2,1-2H3,(H,18,20). The van der Waals surface area contributed by atoms with Crippen molar-refractivity contribution in [3.05, 3.63) is 35.4 Å². The summed E-state index contributed by atoms with van der Waals surface area (Å²) >= 11 is 0. The van der Waals surface area contributed by atoms with E-state index in [1.165, 1.54) is 4.90 Å². The number of carbonyl (C=O) groups is 2. The van der Waals surface area contributed by atoms with Crippen LogP contribution >= 0.6 is 0 Å². The Morgan fingerprint density at radius 1 is 1.24 bits per heavy atom. The highest BCUT2D eigenvalue weighted by Gasteiger charge is 2.33. The van der Waals surface area contributed by atoms with E-state index < -0.39 is 9.84 Å². The first-order valence-corrected chi connectivity index (χ1v) is 10.0. The van der Waals surface area contributed by atoms with E-state index in [4.69, 9.17) is 4.74 Å². The van der Waals surface area contributed by atoms with Crippen LogP contribution in [0.3, 0.4) is 0 Å². The summed E-state index contributed by atoms with van der Waals surface area (Å²) in [6.45, 7) is 1.10. The summed E-state index contributed by atoms with van der Waals surface area (Å²) in [5, 5.41) is 2.78. The first-order valence-electron chi connectivity index (χ1n) is 8.19. The molecule has 25 heavy (non-hydrogen) atoms. The highest BCUT2D eigenvalue weighted by Crippen LogP contribution is 2.18. The van der Waals surface area contributed by atoms with Gasteiger partial charge in [0.15, 0.2) is 9.84 Å². The van der Waals surface area contributed by atoms with Crippen molar-refractivity contribution < 1.29 is 22.7 Å². The van der Waals surface area contributed by atoms with E-state index in [-0.39, 0.29) is 29.4 Å². The summed E-state index contributed by atoms with van der Waals surface area (Å²) in [5.41, 5.74) is 0.905. The van der Waals surface area contributed by atoms with Crippen LogP contribution in [0.5, 0.6) is 0 Å². The Morgan fingerprint density at radius 3 is 2.44 bits per heavy atom. The molecule has 0 bridgehead atoms. The van der Waals surface area contributed by atoms with E-state index in [0.717, 1.165) is 6.42 Å². The predicted octanol–water partition coefficient (Wildman–Crippen LogP) is 0.712. The van der Waals surface area contributed by atoms with Crippen LogP contribution in [0.25, 0.3) is 0 Å². The molecule has 1 unspecified atom stereocenters. The zero-order chi connectivity index (χ0) is 18.4. The number of ether oxygens (including phenoxy) is 1. The van der Waals surface area contributed by atoms with Crippen LogP contribution in [0, 0.1) is 0 Å². The van der Waals surface area contributed by atoms with Gasteiger partial charge >= 0.3 is 0 Å². The lowest BCUT2D eigenvalue weighted by molar-refractivity contribution is 0.0747. The lowest BCUT2D eigenvalue weighted by atomic mass is 10.1. The molecule has 1 aliphatic heterocycles. The third-order valence-electron chi connectivity index (χ3n) is 4.28. The number of carbonyl (C=O) groups excluding carboxylic acids is 2. The Hall–Kier alpha value is -1.93. The molecule has 1 heterocycles. The molecule has 1 atom stereocenters. The van der Waals surface area contributed by atoms with Crippen molar-refractivity contribution in [2.24, 2.45) is 0 Å². The Morgan fingerprint density at radius 2 is 1.88 bits per heavy atom. The average molecular weight is 368 g/mol. The monoisotopic (exact) mass is 368 g/mol. The summed E-state index contributed by atoms with van der Waals surface area (Å²) in [6, 6.07) is 6.08. The van der Waals surface area contributed by atoms with Crippen molar-refractivity contribution in [3.63, 3.8) is 0 Å². The smallest absolute Gasteiger partial charge is 0.253 e. The zero-order valence-electron chi connectivity index (χ0n) is 14.5. The maximum atomic E-state index is 12.5. The molecule has 2 amide bonds. The van der Waals surface area contributed by atoms with Gasteiger partial charge in [0.25, 0.3) is 11.8 Å². The number of methoxy groups -OCH3 is 1. The molecule has 138 valence electrons. The topological polar surface area (TPSA) is 92.8 Å². The van der Waals surface area contributed by atoms with Gasteiger partial charge < -0.3 is 15.0 Å². The number of sulfone groups is 1. The summed E-state index contributed by atoms with van der Waals surface area (Å²) in [5.74, 6) is -0.311. The maximum absolute atomic E-state index is 12.5. The van der Waals surface area contributed by atoms with Crippen LogP contribution in [0.15, 0.2) is 24.3 Å². The van der Waals surface area contributed by atoms with Gasteiger partial charge in [-0.3, -0.25) is 9.59 Å². The molecular weight excluding hydrogens is 344 g/mol. The summed E-state index contributed by atoms with van der Waals surface area (Å²) < 4.78 is 28.0. The zero-order valence-corrected chi connectivity index (χ0v) is 15.3. The molecule has 1 N–H and O–H groups in total. The summed E-state index contributed by atoms with van der Waals surface area (Å²) in [4.78, 5) is 26.0. The quantitative estimate of drug-likeness (QED) is 0.716. The SMILES string of the molecule is COCCCNC(=O)c1ccc(C(=O)N(C)C2CCS(=O)(=O)C2)cc1. The number of nitrogens with zero attached hydrogens (tertiary/aromatic N) is 1. The third kappa shape index (κ3) is 5.27. The number of benzene rings is 1. The molecule has 0 aromatic heterocycles. The fourth-order valence-electron chi connectivity index (χ4n) is 2.73. The minimum absolute atomic E-state index is 0.0111. The van der Waals surface area contributed by atoms with E-state index in [9.17, 15) is 18.0 Å². The van der Waals surface area contributed by atoms with Crippen molar-refractivity contribution in [2.45, 2.75) is 18.9 Å². The maximum Gasteiger partial charge on any atom is 0.253 e. The molecule has 1 aromatic carbocycles. The van der Waals surface area contributed by atoms with Crippen molar-refractivity contribution in [3.8, 4) is 0 Å². The van der Waals surface area contributed by atoms with Crippen molar-refractivity contribution in [1.29, 1.82) is 0 Å². The highest BCUT2D eigenvalue weighted by molar-refractivity contribution is 7.91. The van der Waals surface area contributed by atoms with Crippen molar-refractivity contribution in [2.75, 3.05) is 38.8 Å². The number of amides is 2. The molecule has 1 aromatic rings.